The van der Waals surface area contributed by atoms with Crippen molar-refractivity contribution in [1.82, 2.24) is 4.90 Å². The normalized spacial score (nSPS) is 14.1. The first-order valence-corrected chi connectivity index (χ1v) is 11.8. The van der Waals surface area contributed by atoms with Crippen LogP contribution in [-0.2, 0) is 0 Å². The Kier molecular flexibility index (Phi) is 6.52. The summed E-state index contributed by atoms with van der Waals surface area (Å²) < 4.78 is 38.8. The number of piperidine rings is 1. The van der Waals surface area contributed by atoms with Gasteiger partial charge in [0.2, 0.25) is 0 Å². The fourth-order valence-corrected chi connectivity index (χ4v) is 4.70. The summed E-state index contributed by atoms with van der Waals surface area (Å²) in [6.07, 6.45) is 2.71. The number of hydrogen-bond donors (Lipinski definition) is 2. The Morgan fingerprint density at radius 3 is 2.35 bits per heavy atom. The van der Waals surface area contributed by atoms with E-state index in [1.807, 2.05) is 12.1 Å². The molecule has 0 spiro atoms. The molecule has 0 atom stereocenters. The first kappa shape index (κ1) is 24.3. The van der Waals surface area contributed by atoms with E-state index in [4.69, 9.17) is 9.15 Å². The molecule has 0 radical (unpaired) electrons. The van der Waals surface area contributed by atoms with Gasteiger partial charge >= 0.3 is 0 Å². The highest BCUT2D eigenvalue weighted by molar-refractivity contribution is 6.09. The average molecular weight is 507 g/mol. The van der Waals surface area contributed by atoms with Gasteiger partial charge in [0.25, 0.3) is 11.8 Å². The van der Waals surface area contributed by atoms with Gasteiger partial charge in [-0.15, -0.1) is 0 Å². The average Bonchev–Trinajstić information content (AvgIpc) is 3.39. The molecule has 0 saturated carbocycles. The van der Waals surface area contributed by atoms with Crippen molar-refractivity contribution in [3.8, 4) is 11.5 Å². The number of nitrogens with zero attached hydrogens (tertiary/aromatic N) is 1. The standard InChI is InChI=1S/C28H24F2N2O5/c1-36-19-14-22(29)25(23(30)15-19)28(35)32-11-8-17(9-12-32)16-2-4-18(5-3-16)31-27(34)21-6-7-24-20(26(21)33)10-13-37-24/h2-7,10,13-15,17,33H,8-9,11-12H2,1H3,(H,31,34). The van der Waals surface area contributed by atoms with Gasteiger partial charge in [0.1, 0.15) is 34.3 Å². The van der Waals surface area contributed by atoms with Crippen LogP contribution in [0.2, 0.25) is 0 Å². The number of halogens is 2. The number of furan rings is 1. The topological polar surface area (TPSA) is 92.0 Å². The van der Waals surface area contributed by atoms with E-state index in [0.29, 0.717) is 42.6 Å². The van der Waals surface area contributed by atoms with Crippen LogP contribution in [0.4, 0.5) is 14.5 Å². The highest BCUT2D eigenvalue weighted by atomic mass is 19.1. The summed E-state index contributed by atoms with van der Waals surface area (Å²) in [7, 11) is 1.30. The molecule has 0 unspecified atom stereocenters. The van der Waals surface area contributed by atoms with Crippen molar-refractivity contribution in [2.45, 2.75) is 18.8 Å². The van der Waals surface area contributed by atoms with Crippen molar-refractivity contribution in [3.63, 3.8) is 0 Å². The van der Waals surface area contributed by atoms with E-state index in [-0.39, 0.29) is 23.0 Å². The summed E-state index contributed by atoms with van der Waals surface area (Å²) in [5, 5.41) is 13.6. The molecule has 3 aromatic carbocycles. The molecule has 1 saturated heterocycles. The highest BCUT2D eigenvalue weighted by Crippen LogP contribution is 2.32. The molecule has 4 aromatic rings. The van der Waals surface area contributed by atoms with Gasteiger partial charge in [0.15, 0.2) is 0 Å². The SMILES string of the molecule is COc1cc(F)c(C(=O)N2CCC(c3ccc(NC(=O)c4ccc5occc5c4O)cc3)CC2)c(F)c1. The maximum Gasteiger partial charge on any atom is 0.259 e. The van der Waals surface area contributed by atoms with Crippen molar-refractivity contribution in [3.05, 3.63) is 89.2 Å². The molecule has 9 heteroatoms. The number of ether oxygens (including phenoxy) is 1. The first-order valence-electron chi connectivity index (χ1n) is 11.8. The molecule has 2 N–H and O–H groups in total. The third kappa shape index (κ3) is 4.72. The fraction of sp³-hybridized carbons (Fsp3) is 0.214. The lowest BCUT2D eigenvalue weighted by atomic mass is 9.89. The van der Waals surface area contributed by atoms with E-state index >= 15 is 0 Å². The second kappa shape index (κ2) is 9.93. The number of fused-ring (bicyclic) bond motifs is 1. The number of methoxy groups -OCH3 is 1. The zero-order valence-electron chi connectivity index (χ0n) is 20.0. The Bertz CT molecular complexity index is 1450. The van der Waals surface area contributed by atoms with Crippen molar-refractivity contribution < 1.29 is 32.6 Å². The number of nitrogens with one attached hydrogen (secondary N) is 1. The van der Waals surface area contributed by atoms with E-state index in [1.54, 1.807) is 24.3 Å². The summed E-state index contributed by atoms with van der Waals surface area (Å²) in [5.74, 6) is -2.98. The van der Waals surface area contributed by atoms with Crippen molar-refractivity contribution in [1.29, 1.82) is 0 Å². The number of anilines is 1. The summed E-state index contributed by atoms with van der Waals surface area (Å²) in [6.45, 7) is 0.728. The Hall–Kier alpha value is -4.40. The molecule has 2 amide bonds. The van der Waals surface area contributed by atoms with Crippen LogP contribution in [0.5, 0.6) is 11.5 Å². The van der Waals surface area contributed by atoms with Gasteiger partial charge in [0, 0.05) is 30.9 Å². The number of phenolic OH excluding ortho intramolecular Hbond substituents is 1. The molecular formula is C28H24F2N2O5. The predicted molar refractivity (Wildman–Crippen MR) is 133 cm³/mol. The smallest absolute Gasteiger partial charge is 0.259 e. The largest absolute Gasteiger partial charge is 0.506 e. The Balaban J connectivity index is 1.21. The second-order valence-electron chi connectivity index (χ2n) is 8.90. The summed E-state index contributed by atoms with van der Waals surface area (Å²) in [5.41, 5.74) is 1.66. The van der Waals surface area contributed by atoms with Gasteiger partial charge in [-0.3, -0.25) is 9.59 Å². The maximum atomic E-state index is 14.3. The molecule has 1 aromatic heterocycles. The predicted octanol–water partition coefficient (Wildman–Crippen LogP) is 5.70. The molecule has 0 bridgehead atoms. The minimum absolute atomic E-state index is 0.0146. The third-order valence-electron chi connectivity index (χ3n) is 6.74. The Morgan fingerprint density at radius 1 is 1.03 bits per heavy atom. The number of aromatic hydroxyl groups is 1. The van der Waals surface area contributed by atoms with Gasteiger partial charge < -0.3 is 24.5 Å². The van der Waals surface area contributed by atoms with Gasteiger partial charge in [-0.2, -0.15) is 0 Å². The molecule has 0 aliphatic carbocycles. The molecule has 37 heavy (non-hydrogen) atoms. The lowest BCUT2D eigenvalue weighted by Crippen LogP contribution is -2.38. The molecule has 2 heterocycles. The third-order valence-corrected chi connectivity index (χ3v) is 6.74. The van der Waals surface area contributed by atoms with E-state index in [9.17, 15) is 23.5 Å². The number of carbonyl (C=O) groups excluding carboxylic acids is 2. The van der Waals surface area contributed by atoms with Gasteiger partial charge in [0.05, 0.1) is 24.3 Å². The molecule has 5 rings (SSSR count). The lowest BCUT2D eigenvalue weighted by Gasteiger charge is -2.32. The molecule has 7 nitrogen and oxygen atoms in total. The number of carbonyl (C=O) groups is 2. The molecule has 190 valence electrons. The van der Waals surface area contributed by atoms with Crippen LogP contribution in [0.15, 0.2) is 65.3 Å². The number of likely N-dealkylation sites (tertiary alicyclic amines) is 1. The van der Waals surface area contributed by atoms with Crippen LogP contribution in [0, 0.1) is 11.6 Å². The van der Waals surface area contributed by atoms with Gasteiger partial charge in [-0.25, -0.2) is 8.78 Å². The monoisotopic (exact) mass is 506 g/mol. The van der Waals surface area contributed by atoms with Crippen LogP contribution >= 0.6 is 0 Å². The summed E-state index contributed by atoms with van der Waals surface area (Å²) >= 11 is 0. The second-order valence-corrected chi connectivity index (χ2v) is 8.90. The van der Waals surface area contributed by atoms with Crippen LogP contribution in [0.25, 0.3) is 11.0 Å². The van der Waals surface area contributed by atoms with Crippen LogP contribution in [0.1, 0.15) is 45.0 Å². The van der Waals surface area contributed by atoms with Crippen LogP contribution in [-0.4, -0.2) is 42.0 Å². The number of benzene rings is 3. The minimum Gasteiger partial charge on any atom is -0.506 e. The minimum atomic E-state index is -0.945. The van der Waals surface area contributed by atoms with E-state index in [0.717, 1.165) is 17.7 Å². The molecule has 1 aliphatic rings. The van der Waals surface area contributed by atoms with Crippen LogP contribution < -0.4 is 10.1 Å². The van der Waals surface area contributed by atoms with Gasteiger partial charge in [-0.1, -0.05) is 12.1 Å². The molecular weight excluding hydrogens is 482 g/mol. The zero-order chi connectivity index (χ0) is 26.1. The van der Waals surface area contributed by atoms with Crippen molar-refractivity contribution >= 4 is 28.5 Å². The lowest BCUT2D eigenvalue weighted by molar-refractivity contribution is 0.0702. The molecule has 1 aliphatic heterocycles. The van der Waals surface area contributed by atoms with Crippen molar-refractivity contribution in [2.24, 2.45) is 0 Å². The number of amides is 2. The molecule has 1 fully saturated rings. The maximum absolute atomic E-state index is 14.3. The van der Waals surface area contributed by atoms with E-state index in [1.165, 1.54) is 24.3 Å². The summed E-state index contributed by atoms with van der Waals surface area (Å²) in [6, 6.07) is 14.1. The zero-order valence-corrected chi connectivity index (χ0v) is 20.0. The van der Waals surface area contributed by atoms with Crippen LogP contribution in [0.3, 0.4) is 0 Å². The van der Waals surface area contributed by atoms with E-state index in [2.05, 4.69) is 5.32 Å². The number of rotatable bonds is 5. The summed E-state index contributed by atoms with van der Waals surface area (Å²) in [4.78, 5) is 26.9. The Morgan fingerprint density at radius 2 is 1.70 bits per heavy atom. The van der Waals surface area contributed by atoms with Gasteiger partial charge in [-0.05, 0) is 54.7 Å². The quantitative estimate of drug-likeness (QED) is 0.363. The van der Waals surface area contributed by atoms with E-state index < -0.39 is 29.0 Å². The fourth-order valence-electron chi connectivity index (χ4n) is 4.70. The highest BCUT2D eigenvalue weighted by Gasteiger charge is 2.28. The first-order chi connectivity index (χ1) is 17.9. The van der Waals surface area contributed by atoms with Crippen molar-refractivity contribution in [2.75, 3.05) is 25.5 Å². The Labute approximate surface area is 211 Å². The number of hydrogen-bond acceptors (Lipinski definition) is 5. The number of phenols is 1.